The molecule has 0 spiro atoms. The van der Waals surface area contributed by atoms with E-state index in [1.54, 1.807) is 25.5 Å². The number of benzene rings is 2. The van der Waals surface area contributed by atoms with Crippen LogP contribution >= 0.6 is 0 Å². The number of phenols is 1. The number of phenolic OH excluding ortho intramolecular Hbond substituents is 1. The lowest BCUT2D eigenvalue weighted by Crippen LogP contribution is -1.95. The summed E-state index contributed by atoms with van der Waals surface area (Å²) in [4.78, 5) is 0. The lowest BCUT2D eigenvalue weighted by molar-refractivity contribution is 0.416. The third kappa shape index (κ3) is 3.63. The molecule has 0 aliphatic rings. The monoisotopic (exact) mass is 282 g/mol. The van der Waals surface area contributed by atoms with Gasteiger partial charge in [0.25, 0.3) is 0 Å². The van der Waals surface area contributed by atoms with Gasteiger partial charge in [-0.1, -0.05) is 30.3 Å². The SMILES string of the molecule is C=CCc1cccc(/C=N\Nc2ccccc2OC)c1O. The average Bonchev–Trinajstić information content (AvgIpc) is 2.51. The Morgan fingerprint density at radius 1 is 1.24 bits per heavy atom. The molecule has 2 aromatic rings. The molecule has 0 aliphatic carbocycles. The minimum Gasteiger partial charge on any atom is -0.507 e. The number of aromatic hydroxyl groups is 1. The fraction of sp³-hybridized carbons (Fsp3) is 0.118. The van der Waals surface area contributed by atoms with E-state index in [0.717, 1.165) is 11.3 Å². The molecule has 0 saturated carbocycles. The molecule has 0 aromatic heterocycles. The van der Waals surface area contributed by atoms with Crippen LogP contribution in [0.1, 0.15) is 11.1 Å². The molecule has 0 atom stereocenters. The zero-order valence-corrected chi connectivity index (χ0v) is 11.9. The number of hydrogen-bond donors (Lipinski definition) is 2. The van der Waals surface area contributed by atoms with Gasteiger partial charge in [0.05, 0.1) is 19.0 Å². The Hall–Kier alpha value is -2.75. The molecule has 2 N–H and O–H groups in total. The standard InChI is InChI=1S/C17H18N2O2/c1-3-7-13-8-6-9-14(17(13)20)12-18-19-15-10-4-5-11-16(15)21-2/h3-6,8-12,19-20H,1,7H2,2H3/b18-12-. The van der Waals surface area contributed by atoms with Gasteiger partial charge < -0.3 is 9.84 Å². The predicted octanol–water partition coefficient (Wildman–Crippen LogP) is 3.58. The highest BCUT2D eigenvalue weighted by atomic mass is 16.5. The summed E-state index contributed by atoms with van der Waals surface area (Å²) in [5.41, 5.74) is 5.14. The number of nitrogens with zero attached hydrogens (tertiary/aromatic N) is 1. The summed E-state index contributed by atoms with van der Waals surface area (Å²) in [6.07, 6.45) is 3.95. The molecule has 4 nitrogen and oxygen atoms in total. The van der Waals surface area contributed by atoms with Crippen molar-refractivity contribution in [2.45, 2.75) is 6.42 Å². The Kier molecular flexibility index (Phi) is 4.99. The summed E-state index contributed by atoms with van der Waals surface area (Å²) in [7, 11) is 1.61. The summed E-state index contributed by atoms with van der Waals surface area (Å²) in [6.45, 7) is 3.68. The molecule has 0 amide bonds. The molecule has 0 radical (unpaired) electrons. The minimum atomic E-state index is 0.225. The first-order valence-corrected chi connectivity index (χ1v) is 6.60. The topological polar surface area (TPSA) is 53.9 Å². The molecule has 2 aromatic carbocycles. The molecule has 2 rings (SSSR count). The van der Waals surface area contributed by atoms with E-state index in [-0.39, 0.29) is 5.75 Å². The van der Waals surface area contributed by atoms with Gasteiger partial charge >= 0.3 is 0 Å². The Morgan fingerprint density at radius 3 is 2.81 bits per heavy atom. The predicted molar refractivity (Wildman–Crippen MR) is 86.2 cm³/mol. The van der Waals surface area contributed by atoms with Crippen LogP contribution in [0.3, 0.4) is 0 Å². The van der Waals surface area contributed by atoms with Crippen LogP contribution in [0.4, 0.5) is 5.69 Å². The molecule has 0 heterocycles. The van der Waals surface area contributed by atoms with Crippen molar-refractivity contribution in [1.29, 1.82) is 0 Å². The number of anilines is 1. The fourth-order valence-electron chi connectivity index (χ4n) is 1.94. The maximum Gasteiger partial charge on any atom is 0.143 e. The highest BCUT2D eigenvalue weighted by molar-refractivity contribution is 5.84. The third-order valence-electron chi connectivity index (χ3n) is 3.01. The van der Waals surface area contributed by atoms with E-state index in [1.165, 1.54) is 0 Å². The number of hydrogen-bond acceptors (Lipinski definition) is 4. The quantitative estimate of drug-likeness (QED) is 0.484. The molecule has 0 aliphatic heterocycles. The van der Waals surface area contributed by atoms with Crippen molar-refractivity contribution in [1.82, 2.24) is 0 Å². The summed E-state index contributed by atoms with van der Waals surface area (Å²) < 4.78 is 5.23. The van der Waals surface area contributed by atoms with Crippen LogP contribution in [0.25, 0.3) is 0 Å². The third-order valence-corrected chi connectivity index (χ3v) is 3.01. The van der Waals surface area contributed by atoms with Gasteiger partial charge in [0, 0.05) is 5.56 Å². The molecule has 0 saturated heterocycles. The summed E-state index contributed by atoms with van der Waals surface area (Å²) in [5, 5.41) is 14.3. The van der Waals surface area contributed by atoms with Gasteiger partial charge in [-0.15, -0.1) is 6.58 Å². The number of methoxy groups -OCH3 is 1. The van der Waals surface area contributed by atoms with Crippen LogP contribution in [-0.2, 0) is 6.42 Å². The second-order valence-corrected chi connectivity index (χ2v) is 4.42. The van der Waals surface area contributed by atoms with Crippen LogP contribution in [0.5, 0.6) is 11.5 Å². The largest absolute Gasteiger partial charge is 0.507 e. The number of hydrazone groups is 1. The van der Waals surface area contributed by atoms with Gasteiger partial charge in [-0.3, -0.25) is 5.43 Å². The zero-order valence-electron chi connectivity index (χ0n) is 11.9. The number of nitrogens with one attached hydrogen (secondary N) is 1. The molecule has 0 fully saturated rings. The van der Waals surface area contributed by atoms with Gasteiger partial charge in [-0.25, -0.2) is 0 Å². The summed E-state index contributed by atoms with van der Waals surface area (Å²) in [5.74, 6) is 0.933. The smallest absolute Gasteiger partial charge is 0.143 e. The van der Waals surface area contributed by atoms with Crippen LogP contribution in [0.2, 0.25) is 0 Å². The second kappa shape index (κ2) is 7.14. The number of rotatable bonds is 6. The first-order chi connectivity index (χ1) is 10.3. The summed E-state index contributed by atoms with van der Waals surface area (Å²) in [6, 6.07) is 13.0. The van der Waals surface area contributed by atoms with E-state index >= 15 is 0 Å². The minimum absolute atomic E-state index is 0.225. The van der Waals surface area contributed by atoms with Gasteiger partial charge in [0.15, 0.2) is 0 Å². The molecule has 0 bridgehead atoms. The van der Waals surface area contributed by atoms with E-state index in [4.69, 9.17) is 4.74 Å². The van der Waals surface area contributed by atoms with Crippen molar-refractivity contribution in [2.75, 3.05) is 12.5 Å². The van der Waals surface area contributed by atoms with Crippen molar-refractivity contribution in [3.63, 3.8) is 0 Å². The van der Waals surface area contributed by atoms with Crippen molar-refractivity contribution >= 4 is 11.9 Å². The Labute approximate surface area is 124 Å². The molecule has 4 heteroatoms. The molecular weight excluding hydrogens is 264 g/mol. The highest BCUT2D eigenvalue weighted by Crippen LogP contribution is 2.24. The Balaban J connectivity index is 2.15. The van der Waals surface area contributed by atoms with Crippen molar-refractivity contribution in [2.24, 2.45) is 5.10 Å². The Morgan fingerprint density at radius 2 is 2.05 bits per heavy atom. The van der Waals surface area contributed by atoms with E-state index in [9.17, 15) is 5.11 Å². The van der Waals surface area contributed by atoms with Gasteiger partial charge in [-0.2, -0.15) is 5.10 Å². The van der Waals surface area contributed by atoms with Crippen molar-refractivity contribution in [3.8, 4) is 11.5 Å². The van der Waals surface area contributed by atoms with Crippen molar-refractivity contribution < 1.29 is 9.84 Å². The van der Waals surface area contributed by atoms with Gasteiger partial charge in [0.1, 0.15) is 11.5 Å². The lowest BCUT2D eigenvalue weighted by Gasteiger charge is -2.07. The number of para-hydroxylation sites is 3. The maximum atomic E-state index is 10.1. The lowest BCUT2D eigenvalue weighted by atomic mass is 10.1. The number of allylic oxidation sites excluding steroid dienone is 1. The molecule has 21 heavy (non-hydrogen) atoms. The number of ether oxygens (including phenoxy) is 1. The normalized spacial score (nSPS) is 10.5. The summed E-state index contributed by atoms with van der Waals surface area (Å²) >= 11 is 0. The van der Waals surface area contributed by atoms with Crippen molar-refractivity contribution in [3.05, 3.63) is 66.2 Å². The molecule has 0 unspecified atom stereocenters. The molecular formula is C17H18N2O2. The van der Waals surface area contributed by atoms with Gasteiger partial charge in [-0.05, 0) is 30.2 Å². The Bertz CT molecular complexity index is 651. The fourth-order valence-corrected chi connectivity index (χ4v) is 1.94. The second-order valence-electron chi connectivity index (χ2n) is 4.42. The van der Waals surface area contributed by atoms with E-state index in [0.29, 0.717) is 17.7 Å². The first-order valence-electron chi connectivity index (χ1n) is 6.60. The highest BCUT2D eigenvalue weighted by Gasteiger charge is 2.04. The van der Waals surface area contributed by atoms with E-state index < -0.39 is 0 Å². The first kappa shape index (κ1) is 14.7. The van der Waals surface area contributed by atoms with Gasteiger partial charge in [0.2, 0.25) is 0 Å². The van der Waals surface area contributed by atoms with Crippen LogP contribution in [-0.4, -0.2) is 18.4 Å². The molecule has 108 valence electrons. The van der Waals surface area contributed by atoms with Crippen LogP contribution in [0.15, 0.2) is 60.2 Å². The van der Waals surface area contributed by atoms with Crippen LogP contribution in [0, 0.1) is 0 Å². The average molecular weight is 282 g/mol. The van der Waals surface area contributed by atoms with Crippen LogP contribution < -0.4 is 10.2 Å². The van der Waals surface area contributed by atoms with E-state index in [1.807, 2.05) is 36.4 Å². The maximum absolute atomic E-state index is 10.1. The zero-order chi connectivity index (χ0) is 15.1. The van der Waals surface area contributed by atoms with E-state index in [2.05, 4.69) is 17.1 Å².